The van der Waals surface area contributed by atoms with Crippen LogP contribution in [0.5, 0.6) is 0 Å². The molecule has 3 heteroatoms. The number of benzene rings is 1. The predicted octanol–water partition coefficient (Wildman–Crippen LogP) is 2.65. The zero-order chi connectivity index (χ0) is 12.4. The first-order valence-corrected chi connectivity index (χ1v) is 6.42. The van der Waals surface area contributed by atoms with E-state index in [0.717, 1.165) is 38.0 Å². The zero-order valence-corrected chi connectivity index (χ0v) is 10.2. The van der Waals surface area contributed by atoms with Gasteiger partial charge in [0.25, 0.3) is 0 Å². The van der Waals surface area contributed by atoms with Gasteiger partial charge in [-0.15, -0.1) is 0 Å². The minimum atomic E-state index is 0.233. The molecule has 1 aliphatic heterocycles. The first kappa shape index (κ1) is 11.2. The number of nitrogens with zero attached hydrogens (tertiary/aromatic N) is 2. The van der Waals surface area contributed by atoms with Crippen molar-refractivity contribution in [1.29, 1.82) is 0 Å². The molecule has 0 amide bonds. The molecule has 0 bridgehead atoms. The first-order valence-electron chi connectivity index (χ1n) is 6.42. The van der Waals surface area contributed by atoms with E-state index >= 15 is 0 Å². The molecule has 0 saturated carbocycles. The van der Waals surface area contributed by atoms with E-state index in [1.165, 1.54) is 10.8 Å². The third kappa shape index (κ3) is 1.96. The summed E-state index contributed by atoms with van der Waals surface area (Å²) < 4.78 is 0. The summed E-state index contributed by atoms with van der Waals surface area (Å²) in [7, 11) is 0. The lowest BCUT2D eigenvalue weighted by Crippen LogP contribution is -2.34. The monoisotopic (exact) mass is 240 g/mol. The van der Waals surface area contributed by atoms with Crippen LogP contribution < -0.4 is 4.90 Å². The standard InChI is InChI=1S/C15H16N2O/c18-11-12-6-9-17(10-7-12)15-14-4-2-1-3-13(14)5-8-16-15/h1-5,8,11-12H,6-7,9-10H2. The van der Waals surface area contributed by atoms with Gasteiger partial charge in [-0.05, 0) is 24.3 Å². The van der Waals surface area contributed by atoms with Crippen LogP contribution in [0.2, 0.25) is 0 Å². The molecule has 1 aromatic heterocycles. The van der Waals surface area contributed by atoms with Gasteiger partial charge in [0.15, 0.2) is 0 Å². The Labute approximate surface area is 106 Å². The maximum absolute atomic E-state index is 10.8. The second-order valence-electron chi connectivity index (χ2n) is 4.82. The van der Waals surface area contributed by atoms with Crippen LogP contribution in [0.4, 0.5) is 5.82 Å². The third-order valence-corrected chi connectivity index (χ3v) is 3.68. The highest BCUT2D eigenvalue weighted by atomic mass is 16.1. The molecule has 92 valence electrons. The van der Waals surface area contributed by atoms with Gasteiger partial charge in [0, 0.05) is 30.6 Å². The summed E-state index contributed by atoms with van der Waals surface area (Å²) in [5.41, 5.74) is 0. The van der Waals surface area contributed by atoms with Crippen molar-refractivity contribution in [2.45, 2.75) is 12.8 Å². The molecule has 3 nitrogen and oxygen atoms in total. The summed E-state index contributed by atoms with van der Waals surface area (Å²) >= 11 is 0. The molecule has 0 aliphatic carbocycles. The number of carbonyl (C=O) groups excluding carboxylic acids is 1. The summed E-state index contributed by atoms with van der Waals surface area (Å²) in [6.45, 7) is 1.84. The molecule has 1 aromatic carbocycles. The molecule has 0 spiro atoms. The van der Waals surface area contributed by atoms with Crippen LogP contribution in [0.25, 0.3) is 10.8 Å². The van der Waals surface area contributed by atoms with Gasteiger partial charge in [-0.3, -0.25) is 0 Å². The van der Waals surface area contributed by atoms with Gasteiger partial charge in [0.1, 0.15) is 12.1 Å². The Balaban J connectivity index is 1.93. The molecule has 2 aromatic rings. The zero-order valence-electron chi connectivity index (χ0n) is 10.2. The Kier molecular flexibility index (Phi) is 2.97. The van der Waals surface area contributed by atoms with Crippen LogP contribution in [-0.2, 0) is 4.79 Å². The molecule has 2 heterocycles. The fourth-order valence-electron chi connectivity index (χ4n) is 2.60. The van der Waals surface area contributed by atoms with E-state index in [-0.39, 0.29) is 5.92 Å². The van der Waals surface area contributed by atoms with E-state index in [1.807, 2.05) is 24.4 Å². The highest BCUT2D eigenvalue weighted by molar-refractivity contribution is 5.92. The molecule has 18 heavy (non-hydrogen) atoms. The number of hydrogen-bond donors (Lipinski definition) is 0. The summed E-state index contributed by atoms with van der Waals surface area (Å²) in [5.74, 6) is 1.29. The van der Waals surface area contributed by atoms with Crippen molar-refractivity contribution in [1.82, 2.24) is 4.98 Å². The van der Waals surface area contributed by atoms with E-state index in [2.05, 4.69) is 22.0 Å². The van der Waals surface area contributed by atoms with Gasteiger partial charge in [-0.2, -0.15) is 0 Å². The van der Waals surface area contributed by atoms with Crippen LogP contribution in [0.1, 0.15) is 12.8 Å². The smallest absolute Gasteiger partial charge is 0.136 e. The number of aldehydes is 1. The van der Waals surface area contributed by atoms with E-state index in [0.29, 0.717) is 0 Å². The van der Waals surface area contributed by atoms with Crippen molar-refractivity contribution >= 4 is 22.9 Å². The Bertz CT molecular complexity index is 554. The fourth-order valence-corrected chi connectivity index (χ4v) is 2.60. The van der Waals surface area contributed by atoms with Crippen molar-refractivity contribution in [2.24, 2.45) is 5.92 Å². The van der Waals surface area contributed by atoms with Crippen molar-refractivity contribution < 1.29 is 4.79 Å². The molecule has 3 rings (SSSR count). The number of carbonyl (C=O) groups is 1. The van der Waals surface area contributed by atoms with E-state index in [9.17, 15) is 4.79 Å². The Hall–Kier alpha value is -1.90. The maximum Gasteiger partial charge on any atom is 0.136 e. The largest absolute Gasteiger partial charge is 0.356 e. The van der Waals surface area contributed by atoms with Gasteiger partial charge >= 0.3 is 0 Å². The number of aromatic nitrogens is 1. The van der Waals surface area contributed by atoms with Crippen molar-refractivity contribution in [3.8, 4) is 0 Å². The summed E-state index contributed by atoms with van der Waals surface area (Å²) in [6.07, 6.45) is 4.83. The van der Waals surface area contributed by atoms with Gasteiger partial charge in [0.05, 0.1) is 0 Å². The lowest BCUT2D eigenvalue weighted by atomic mass is 9.98. The van der Waals surface area contributed by atoms with Crippen molar-refractivity contribution in [3.63, 3.8) is 0 Å². The van der Waals surface area contributed by atoms with Gasteiger partial charge in [-0.25, -0.2) is 4.98 Å². The minimum absolute atomic E-state index is 0.233. The normalized spacial score (nSPS) is 17.0. The lowest BCUT2D eigenvalue weighted by molar-refractivity contribution is -0.111. The minimum Gasteiger partial charge on any atom is -0.356 e. The molecule has 1 aliphatic rings. The van der Waals surface area contributed by atoms with Crippen molar-refractivity contribution in [3.05, 3.63) is 36.5 Å². The van der Waals surface area contributed by atoms with Crippen LogP contribution in [0.3, 0.4) is 0 Å². The number of fused-ring (bicyclic) bond motifs is 1. The lowest BCUT2D eigenvalue weighted by Gasteiger charge is -2.31. The summed E-state index contributed by atoms with van der Waals surface area (Å²) in [6, 6.07) is 10.4. The van der Waals surface area contributed by atoms with Gasteiger partial charge < -0.3 is 9.69 Å². The molecular formula is C15H16N2O. The SMILES string of the molecule is O=CC1CCN(c2nccc3ccccc23)CC1. The van der Waals surface area contributed by atoms with Crippen LogP contribution in [0.15, 0.2) is 36.5 Å². The third-order valence-electron chi connectivity index (χ3n) is 3.68. The van der Waals surface area contributed by atoms with Crippen LogP contribution in [0, 0.1) is 5.92 Å². The second kappa shape index (κ2) is 4.77. The van der Waals surface area contributed by atoms with E-state index < -0.39 is 0 Å². The average molecular weight is 240 g/mol. The Morgan fingerprint density at radius 1 is 1.17 bits per heavy atom. The van der Waals surface area contributed by atoms with Crippen molar-refractivity contribution in [2.75, 3.05) is 18.0 Å². The van der Waals surface area contributed by atoms with Gasteiger partial charge in [-0.1, -0.05) is 24.3 Å². The number of hydrogen-bond acceptors (Lipinski definition) is 3. The number of anilines is 1. The first-order chi connectivity index (χ1) is 8.88. The van der Waals surface area contributed by atoms with Crippen LogP contribution >= 0.6 is 0 Å². The maximum atomic E-state index is 10.8. The van der Waals surface area contributed by atoms with Crippen LogP contribution in [-0.4, -0.2) is 24.4 Å². The predicted molar refractivity (Wildman–Crippen MR) is 72.7 cm³/mol. The molecule has 1 fully saturated rings. The van der Waals surface area contributed by atoms with E-state index in [4.69, 9.17) is 0 Å². The second-order valence-corrected chi connectivity index (χ2v) is 4.82. The molecule has 0 atom stereocenters. The topological polar surface area (TPSA) is 33.2 Å². The highest BCUT2D eigenvalue weighted by Gasteiger charge is 2.20. The summed E-state index contributed by atoms with van der Waals surface area (Å²) in [4.78, 5) is 17.6. The Morgan fingerprint density at radius 2 is 1.94 bits per heavy atom. The fraction of sp³-hybridized carbons (Fsp3) is 0.333. The average Bonchev–Trinajstić information content (AvgIpc) is 2.47. The Morgan fingerprint density at radius 3 is 2.72 bits per heavy atom. The molecule has 0 N–H and O–H groups in total. The molecular weight excluding hydrogens is 224 g/mol. The van der Waals surface area contributed by atoms with E-state index in [1.54, 1.807) is 0 Å². The molecule has 0 unspecified atom stereocenters. The van der Waals surface area contributed by atoms with Gasteiger partial charge in [0.2, 0.25) is 0 Å². The number of piperidine rings is 1. The number of rotatable bonds is 2. The highest BCUT2D eigenvalue weighted by Crippen LogP contribution is 2.27. The summed E-state index contributed by atoms with van der Waals surface area (Å²) in [5, 5.41) is 2.42. The molecule has 0 radical (unpaired) electrons. The quantitative estimate of drug-likeness (QED) is 0.757. The molecule has 1 saturated heterocycles. The number of pyridine rings is 1.